The molecule has 8 heterocycles. The first-order chi connectivity index (χ1) is 51.7. The van der Waals surface area contributed by atoms with E-state index in [0.29, 0.717) is 24.6 Å². The molecule has 20 unspecified atom stereocenters. The van der Waals surface area contributed by atoms with Crippen LogP contribution < -0.4 is 68.8 Å². The average Bonchev–Trinajstić information content (AvgIpc) is 1.48. The van der Waals surface area contributed by atoms with E-state index in [1.807, 2.05) is 0 Å². The Bertz CT molecular complexity index is 2770. The van der Waals surface area contributed by atoms with Crippen molar-refractivity contribution in [2.75, 3.05) is 39.4 Å². The number of aromatic nitrogens is 6. The van der Waals surface area contributed by atoms with E-state index >= 15 is 0 Å². The molecule has 8 aliphatic rings. The van der Waals surface area contributed by atoms with Crippen molar-refractivity contribution in [1.82, 2.24) is 30.0 Å². The summed E-state index contributed by atoms with van der Waals surface area (Å²) in [6.07, 6.45) is -27.7. The van der Waals surface area contributed by atoms with Crippen molar-refractivity contribution in [3.8, 4) is 0 Å². The molecule has 0 spiro atoms. The smallest absolute Gasteiger partial charge is 0.187 e. The fourth-order valence-corrected chi connectivity index (χ4v) is 15.0. The molecule has 36 N–H and O–H groups in total. The van der Waals surface area contributed by atoms with Crippen LogP contribution >= 0.6 is 0 Å². The van der Waals surface area contributed by atoms with Gasteiger partial charge in [-0.2, -0.15) is 0 Å². The molecule has 622 valence electrons. The van der Waals surface area contributed by atoms with E-state index in [-0.39, 0.29) is 65.3 Å². The molecule has 6 aliphatic heterocycles. The maximum absolute atomic E-state index is 11.9. The fourth-order valence-electron chi connectivity index (χ4n) is 15.0. The van der Waals surface area contributed by atoms with Crippen LogP contribution in [0.1, 0.15) is 88.4 Å². The molecule has 38 atom stereocenters. The van der Waals surface area contributed by atoms with Crippen molar-refractivity contribution in [1.29, 1.82) is 0 Å². The Morgan fingerprint density at radius 2 is 0.583 bits per heavy atom. The zero-order valence-corrected chi connectivity index (χ0v) is 60.3. The summed E-state index contributed by atoms with van der Waals surface area (Å²) in [7, 11) is 0. The topological polar surface area (TPSA) is 746 Å². The van der Waals surface area contributed by atoms with Gasteiger partial charge in [0, 0.05) is 63.6 Å². The van der Waals surface area contributed by atoms with Crippen molar-refractivity contribution in [2.45, 2.75) is 336 Å². The molecule has 0 aromatic carbocycles. The van der Waals surface area contributed by atoms with E-state index in [9.17, 15) is 61.3 Å². The van der Waals surface area contributed by atoms with Gasteiger partial charge in [0.1, 0.15) is 146 Å². The third-order valence-electron chi connectivity index (χ3n) is 21.6. The largest absolute Gasteiger partial charge is 0.389 e. The van der Waals surface area contributed by atoms with Gasteiger partial charge in [-0.05, 0) is 25.7 Å². The third-order valence-corrected chi connectivity index (χ3v) is 21.6. The van der Waals surface area contributed by atoms with E-state index in [4.69, 9.17) is 135 Å². The molecular formula is C64H120N18O26. The van der Waals surface area contributed by atoms with Crippen LogP contribution in [-0.4, -0.2) is 363 Å². The lowest BCUT2D eigenvalue weighted by molar-refractivity contribution is -0.306. The quantitative estimate of drug-likeness (QED) is 0.0279. The highest BCUT2D eigenvalue weighted by Crippen LogP contribution is 2.38. The number of ether oxygens (including phenoxy) is 14. The van der Waals surface area contributed by atoms with Gasteiger partial charge in [-0.25, -0.2) is 9.36 Å². The number of hydrogen-bond acceptors (Lipinski definition) is 42. The van der Waals surface area contributed by atoms with Gasteiger partial charge in [0.25, 0.3) is 0 Å². The van der Waals surface area contributed by atoms with Crippen molar-refractivity contribution >= 4 is 0 Å². The second-order valence-electron chi connectivity index (χ2n) is 29.6. The molecule has 2 saturated carbocycles. The Labute approximate surface area is 623 Å². The normalized spacial score (nSPS) is 44.7. The van der Waals surface area contributed by atoms with Gasteiger partial charge in [0.2, 0.25) is 0 Å². The summed E-state index contributed by atoms with van der Waals surface area (Å²) in [6.45, 7) is 0.287. The standard InChI is InChI=1S/C64H120N18O26/c65-15-31-43(85)47(89)37(73)59(97-31)103-53-29(71)13-27(69)41(83)57(53)107-63-51(93)55(105-61-39(75)49(91)45(87)33(17-67)99-61)35(101-63)21-81-19-25(77-79-81)23-95-11-9-7-5-3-1-2-4-6-8-10-12-96-24-26-20-82(80-78-26)22-36-56(106-62-40(76)50(92)46(88)34(18-68)100-62)52(94)64(102-36)108-58-42(84)28(70)14-30(72)54(58)104-60-38(74)48(90)44(86)32(16-66)98-60/h19-20,27-64,83-94H,1-18,21-24,65-76H2/t27-,28-,29?,30?,31?,32?,33+,34+,35-,36-,37?,38?,39?,40?,41?,42?,43?,44?,45?,46?,47-,48-,49?,50?,51+,52+,53?,54?,55?,56?,57-,58-,59+,60+,61-,62-,63+,64+/m1/s1. The Morgan fingerprint density at radius 3 is 0.880 bits per heavy atom. The van der Waals surface area contributed by atoms with Crippen LogP contribution in [0, 0.1) is 0 Å². The lowest BCUT2D eigenvalue weighted by atomic mass is 9.84. The minimum Gasteiger partial charge on any atom is -0.389 e. The van der Waals surface area contributed by atoms with Gasteiger partial charge in [-0.15, -0.1) is 10.2 Å². The Hall–Kier alpha value is -3.24. The first-order valence-corrected chi connectivity index (χ1v) is 37.5. The second kappa shape index (κ2) is 40.4. The van der Waals surface area contributed by atoms with E-state index < -0.39 is 233 Å². The molecule has 8 fully saturated rings. The van der Waals surface area contributed by atoms with Crippen LogP contribution in [0.25, 0.3) is 0 Å². The fraction of sp³-hybridized carbons (Fsp3) is 0.938. The maximum Gasteiger partial charge on any atom is 0.187 e. The van der Waals surface area contributed by atoms with Crippen LogP contribution in [0.5, 0.6) is 0 Å². The van der Waals surface area contributed by atoms with Crippen molar-refractivity contribution in [2.24, 2.45) is 68.8 Å². The van der Waals surface area contributed by atoms with Crippen molar-refractivity contribution in [3.05, 3.63) is 23.8 Å². The highest BCUT2D eigenvalue weighted by atomic mass is 16.8. The highest BCUT2D eigenvalue weighted by Gasteiger charge is 2.58. The summed E-state index contributed by atoms with van der Waals surface area (Å²) in [6, 6.07) is -8.83. The molecule has 2 aliphatic carbocycles. The summed E-state index contributed by atoms with van der Waals surface area (Å²) < 4.78 is 88.3. The minimum atomic E-state index is -1.65. The van der Waals surface area contributed by atoms with Gasteiger partial charge in [0.05, 0.1) is 75.1 Å². The van der Waals surface area contributed by atoms with Gasteiger partial charge in [-0.3, -0.25) is 0 Å². The van der Waals surface area contributed by atoms with Crippen LogP contribution in [0.4, 0.5) is 0 Å². The molecule has 0 bridgehead atoms. The summed E-state index contributed by atoms with van der Waals surface area (Å²) in [5, 5.41) is 149. The van der Waals surface area contributed by atoms with Gasteiger partial charge in [0.15, 0.2) is 37.7 Å². The summed E-state index contributed by atoms with van der Waals surface area (Å²) >= 11 is 0. The number of rotatable bonds is 37. The molecule has 10 rings (SSSR count). The zero-order valence-electron chi connectivity index (χ0n) is 60.3. The van der Waals surface area contributed by atoms with E-state index in [2.05, 4.69) is 20.6 Å². The SMILES string of the molecule is NCC1O[C@@H](OC2C(N)C[C@@H](N)C(O)[C@H]2O[C@@H]2O[C@H](Cn3cc(COCCCCCCCCCCCCOCc4cn(C[C@H]5O[C@@H](O[C@H]6C(O[C@@H]7OC(CN)C(O)[C@H](O)C7N)C(N)C[C@@H](N)C6O)[C@@H](O)C5O[C@H]5O[C@@H](CN)C(O)C(O)C5N)nn4)nn3)C(O[C@H]3O[C@@H](CN)C(O)C(O)C3N)[C@@H]2O)C(N)[C@@H](O)C1O. The third kappa shape index (κ3) is 20.9. The second-order valence-corrected chi connectivity index (χ2v) is 29.6. The number of nitrogens with two attached hydrogens (primary N) is 12. The summed E-state index contributed by atoms with van der Waals surface area (Å²) in [5.74, 6) is 0. The highest BCUT2D eigenvalue weighted by molar-refractivity contribution is 5.06. The maximum atomic E-state index is 11.9. The molecule has 6 saturated heterocycles. The lowest BCUT2D eigenvalue weighted by Crippen LogP contribution is -2.68. The van der Waals surface area contributed by atoms with Crippen LogP contribution in [-0.2, 0) is 92.6 Å². The Balaban J connectivity index is 0.629. The predicted octanol–water partition coefficient (Wildman–Crippen LogP) is -13.2. The number of aliphatic hydroxyl groups is 12. The number of hydrogen-bond donors (Lipinski definition) is 24. The Kier molecular flexibility index (Phi) is 32.6. The number of aliphatic hydroxyl groups excluding tert-OH is 12. The molecule has 2 aromatic rings. The summed E-state index contributed by atoms with van der Waals surface area (Å²) in [4.78, 5) is 0. The zero-order chi connectivity index (χ0) is 77.9. The average molecular weight is 1560 g/mol. The van der Waals surface area contributed by atoms with Crippen molar-refractivity contribution in [3.63, 3.8) is 0 Å². The first-order valence-electron chi connectivity index (χ1n) is 37.5. The van der Waals surface area contributed by atoms with Crippen molar-refractivity contribution < 1.29 is 128 Å². The first kappa shape index (κ1) is 87.2. The van der Waals surface area contributed by atoms with Crippen LogP contribution in [0.2, 0.25) is 0 Å². The Morgan fingerprint density at radius 1 is 0.315 bits per heavy atom. The van der Waals surface area contributed by atoms with E-state index in [1.165, 1.54) is 9.36 Å². The van der Waals surface area contributed by atoms with Crippen LogP contribution in [0.3, 0.4) is 0 Å². The molecule has 108 heavy (non-hydrogen) atoms. The van der Waals surface area contributed by atoms with Crippen LogP contribution in [0.15, 0.2) is 12.4 Å². The van der Waals surface area contributed by atoms with Gasteiger partial charge >= 0.3 is 0 Å². The number of nitrogens with zero attached hydrogens (tertiary/aromatic N) is 6. The molecule has 2 aromatic heterocycles. The molecular weight excluding hydrogens is 1440 g/mol. The monoisotopic (exact) mass is 1560 g/mol. The minimum absolute atomic E-state index is 0.0506. The van der Waals surface area contributed by atoms with E-state index in [0.717, 1.165) is 64.2 Å². The predicted molar refractivity (Wildman–Crippen MR) is 368 cm³/mol. The number of unbranched alkanes of at least 4 members (excludes halogenated alkanes) is 9. The molecule has 44 heteroatoms. The molecule has 0 amide bonds. The molecule has 44 nitrogen and oxygen atoms in total. The van der Waals surface area contributed by atoms with E-state index in [1.54, 1.807) is 12.4 Å². The van der Waals surface area contributed by atoms with Gasteiger partial charge in [-0.1, -0.05) is 61.8 Å². The molecule has 0 radical (unpaired) electrons. The summed E-state index contributed by atoms with van der Waals surface area (Å²) in [5.41, 5.74) is 75.0. The lowest BCUT2D eigenvalue weighted by Gasteiger charge is -2.47. The van der Waals surface area contributed by atoms with Gasteiger partial charge < -0.3 is 196 Å².